The van der Waals surface area contributed by atoms with Crippen molar-refractivity contribution in [1.82, 2.24) is 0 Å². The van der Waals surface area contributed by atoms with Crippen molar-refractivity contribution in [2.45, 2.75) is 226 Å². The van der Waals surface area contributed by atoms with Gasteiger partial charge in [-0.25, -0.2) is 0 Å². The molecule has 0 bridgehead atoms. The molecule has 0 radical (unpaired) electrons. The maximum Gasteiger partial charge on any atom is 0.306 e. The fraction of sp³-hybridized carbons (Fsp3) is 0.638. The van der Waals surface area contributed by atoms with Crippen LogP contribution in [0.4, 0.5) is 0 Å². The van der Waals surface area contributed by atoms with Crippen molar-refractivity contribution in [3.05, 3.63) is 109 Å². The molecule has 1 atom stereocenters. The maximum atomic E-state index is 12.8. The van der Waals surface area contributed by atoms with Crippen molar-refractivity contribution in [1.29, 1.82) is 0 Å². The van der Waals surface area contributed by atoms with Gasteiger partial charge in [-0.15, -0.1) is 0 Å². The monoisotopic (exact) mass is 887 g/mol. The highest BCUT2D eigenvalue weighted by atomic mass is 16.6. The van der Waals surface area contributed by atoms with Crippen LogP contribution in [0.25, 0.3) is 0 Å². The lowest BCUT2D eigenvalue weighted by atomic mass is 10.1. The average Bonchev–Trinajstić information content (AvgIpc) is 3.29. The maximum absolute atomic E-state index is 12.8. The Morgan fingerprint density at radius 1 is 0.328 bits per heavy atom. The molecule has 6 heteroatoms. The molecule has 362 valence electrons. The molecule has 0 aliphatic heterocycles. The van der Waals surface area contributed by atoms with Gasteiger partial charge in [-0.05, 0) is 122 Å². The van der Waals surface area contributed by atoms with E-state index in [2.05, 4.69) is 130 Å². The third kappa shape index (κ3) is 49.1. The molecule has 0 fully saturated rings. The molecule has 64 heavy (non-hydrogen) atoms. The van der Waals surface area contributed by atoms with Crippen LogP contribution in [0.1, 0.15) is 220 Å². The SMILES string of the molecule is CC/C=C\C/C=C\C/C=C\C/C=C\C/C=C\CCCCCCCC(=O)OCC(COC(=O)CCCCCCC/C=C\CCCCC)OC(=O)CCCCC/C=C\C/C=C\C/C=C\CC. The Hall–Kier alpha value is -3.93. The second kappa shape index (κ2) is 51.7. The van der Waals surface area contributed by atoms with Crippen LogP contribution in [0.2, 0.25) is 0 Å². The number of hydrogen-bond acceptors (Lipinski definition) is 6. The highest BCUT2D eigenvalue weighted by Crippen LogP contribution is 2.13. The Balaban J connectivity index is 4.44. The number of allylic oxidation sites excluding steroid dienone is 18. The van der Waals surface area contributed by atoms with Crippen LogP contribution in [-0.2, 0) is 28.6 Å². The lowest BCUT2D eigenvalue weighted by molar-refractivity contribution is -0.167. The van der Waals surface area contributed by atoms with Gasteiger partial charge in [0.25, 0.3) is 0 Å². The summed E-state index contributed by atoms with van der Waals surface area (Å²) in [5, 5.41) is 0. The zero-order valence-electron chi connectivity index (χ0n) is 41.3. The van der Waals surface area contributed by atoms with Crippen LogP contribution in [0.5, 0.6) is 0 Å². The number of ether oxygens (including phenoxy) is 3. The molecule has 0 rings (SSSR count). The molecule has 0 aromatic carbocycles. The second-order valence-corrected chi connectivity index (χ2v) is 16.7. The van der Waals surface area contributed by atoms with Gasteiger partial charge in [0.15, 0.2) is 6.10 Å². The first-order valence-electron chi connectivity index (χ1n) is 25.9. The molecule has 0 amide bonds. The predicted octanol–water partition coefficient (Wildman–Crippen LogP) is 17.1. The van der Waals surface area contributed by atoms with Crippen molar-refractivity contribution < 1.29 is 28.6 Å². The zero-order valence-corrected chi connectivity index (χ0v) is 41.3. The van der Waals surface area contributed by atoms with Gasteiger partial charge < -0.3 is 14.2 Å². The van der Waals surface area contributed by atoms with Gasteiger partial charge in [0.1, 0.15) is 13.2 Å². The summed E-state index contributed by atoms with van der Waals surface area (Å²) in [6.07, 6.45) is 69.3. The molecule has 6 nitrogen and oxygen atoms in total. The minimum atomic E-state index is -0.806. The fourth-order valence-corrected chi connectivity index (χ4v) is 6.65. The number of rotatable bonds is 45. The Morgan fingerprint density at radius 3 is 0.984 bits per heavy atom. The van der Waals surface area contributed by atoms with E-state index < -0.39 is 6.10 Å². The van der Waals surface area contributed by atoms with Crippen molar-refractivity contribution in [2.75, 3.05) is 13.2 Å². The largest absolute Gasteiger partial charge is 0.462 e. The minimum absolute atomic E-state index is 0.103. The Bertz CT molecular complexity index is 1340. The Kier molecular flexibility index (Phi) is 48.5. The van der Waals surface area contributed by atoms with E-state index >= 15 is 0 Å². The summed E-state index contributed by atoms with van der Waals surface area (Å²) in [7, 11) is 0. The second-order valence-electron chi connectivity index (χ2n) is 16.7. The molecule has 0 N–H and O–H groups in total. The standard InChI is InChI=1S/C58H94O6/c1-4-7-10-13-16-19-22-25-26-27-28-29-30-31-32-34-36-39-42-45-48-51-57(60)63-54-55(53-62-56(59)50-47-44-41-38-35-24-21-18-15-12-9-6-3)64-58(61)52-49-46-43-40-37-33-23-20-17-14-11-8-5-2/h7-8,10-11,16-21,25-26,28-29,31-33,37,55H,4-6,9,12-15,22-24,27,30,34-36,38-54H2,1-3H3/b10-7-,11-8-,19-16-,20-17-,21-18-,26-25-,29-28-,32-31-,37-33-. The van der Waals surface area contributed by atoms with E-state index in [1.54, 1.807) is 0 Å². The van der Waals surface area contributed by atoms with E-state index in [4.69, 9.17) is 14.2 Å². The third-order valence-electron chi connectivity index (χ3n) is 10.5. The first-order chi connectivity index (χ1) is 31.5. The molecule has 0 aromatic heterocycles. The Morgan fingerprint density at radius 2 is 0.609 bits per heavy atom. The molecule has 0 saturated carbocycles. The molecule has 0 aliphatic rings. The summed E-state index contributed by atoms with van der Waals surface area (Å²) in [6.45, 7) is 6.32. The van der Waals surface area contributed by atoms with Crippen LogP contribution in [0.15, 0.2) is 109 Å². The van der Waals surface area contributed by atoms with E-state index in [1.807, 2.05) is 0 Å². The van der Waals surface area contributed by atoms with E-state index in [1.165, 1.54) is 32.1 Å². The van der Waals surface area contributed by atoms with Gasteiger partial charge >= 0.3 is 17.9 Å². The summed E-state index contributed by atoms with van der Waals surface area (Å²) in [5.41, 5.74) is 0. The van der Waals surface area contributed by atoms with Gasteiger partial charge in [0, 0.05) is 19.3 Å². The van der Waals surface area contributed by atoms with Crippen LogP contribution < -0.4 is 0 Å². The number of carbonyl (C=O) groups excluding carboxylic acids is 3. The van der Waals surface area contributed by atoms with E-state index in [-0.39, 0.29) is 37.5 Å². The molecule has 0 aromatic rings. The lowest BCUT2D eigenvalue weighted by Gasteiger charge is -2.18. The molecule has 0 aliphatic carbocycles. The van der Waals surface area contributed by atoms with Gasteiger partial charge in [-0.1, -0.05) is 188 Å². The summed E-state index contributed by atoms with van der Waals surface area (Å²) in [5.74, 6) is -0.967. The van der Waals surface area contributed by atoms with E-state index in [0.717, 1.165) is 148 Å². The lowest BCUT2D eigenvalue weighted by Crippen LogP contribution is -2.30. The first kappa shape index (κ1) is 60.1. The smallest absolute Gasteiger partial charge is 0.306 e. The molecule has 0 heterocycles. The van der Waals surface area contributed by atoms with Crippen LogP contribution >= 0.6 is 0 Å². The average molecular weight is 887 g/mol. The normalized spacial score (nSPS) is 13.0. The van der Waals surface area contributed by atoms with Gasteiger partial charge in [0.2, 0.25) is 0 Å². The van der Waals surface area contributed by atoms with Gasteiger partial charge in [-0.2, -0.15) is 0 Å². The first-order valence-corrected chi connectivity index (χ1v) is 25.9. The highest BCUT2D eigenvalue weighted by molar-refractivity contribution is 5.71. The van der Waals surface area contributed by atoms with Crippen molar-refractivity contribution in [3.8, 4) is 0 Å². The molecule has 1 unspecified atom stereocenters. The molecule has 0 spiro atoms. The van der Waals surface area contributed by atoms with Crippen LogP contribution in [0.3, 0.4) is 0 Å². The van der Waals surface area contributed by atoms with E-state index in [0.29, 0.717) is 12.8 Å². The Labute approximate surface area is 393 Å². The van der Waals surface area contributed by atoms with Gasteiger partial charge in [-0.3, -0.25) is 14.4 Å². The zero-order chi connectivity index (χ0) is 46.5. The summed E-state index contributed by atoms with van der Waals surface area (Å²) in [4.78, 5) is 37.9. The van der Waals surface area contributed by atoms with Crippen LogP contribution in [0, 0.1) is 0 Å². The topological polar surface area (TPSA) is 78.9 Å². The molecule has 0 saturated heterocycles. The summed E-state index contributed by atoms with van der Waals surface area (Å²) in [6, 6.07) is 0. The molecular formula is C58H94O6. The summed E-state index contributed by atoms with van der Waals surface area (Å²) < 4.78 is 16.7. The summed E-state index contributed by atoms with van der Waals surface area (Å²) >= 11 is 0. The molecular weight excluding hydrogens is 793 g/mol. The highest BCUT2D eigenvalue weighted by Gasteiger charge is 2.19. The van der Waals surface area contributed by atoms with Crippen molar-refractivity contribution in [3.63, 3.8) is 0 Å². The minimum Gasteiger partial charge on any atom is -0.462 e. The number of esters is 3. The quantitative estimate of drug-likeness (QED) is 0.0262. The number of unbranched alkanes of at least 4 members (excludes halogenated alkanes) is 16. The van der Waals surface area contributed by atoms with Gasteiger partial charge in [0.05, 0.1) is 0 Å². The predicted molar refractivity (Wildman–Crippen MR) is 274 cm³/mol. The fourth-order valence-electron chi connectivity index (χ4n) is 6.65. The van der Waals surface area contributed by atoms with Crippen molar-refractivity contribution >= 4 is 17.9 Å². The number of hydrogen-bond donors (Lipinski definition) is 0. The number of carbonyl (C=O) groups is 3. The van der Waals surface area contributed by atoms with E-state index in [9.17, 15) is 14.4 Å². The van der Waals surface area contributed by atoms with Crippen molar-refractivity contribution in [2.24, 2.45) is 0 Å². The third-order valence-corrected chi connectivity index (χ3v) is 10.5. The van der Waals surface area contributed by atoms with Crippen LogP contribution in [-0.4, -0.2) is 37.2 Å².